The van der Waals surface area contributed by atoms with Crippen LogP contribution in [0.2, 0.25) is 0 Å². The molecule has 146 heavy (non-hydrogen) atoms. The summed E-state index contributed by atoms with van der Waals surface area (Å²) in [5, 5.41) is 1.11. The Kier molecular flexibility index (Phi) is 22.4. The number of aliphatic imine (C=N–C) groups is 4. The predicted molar refractivity (Wildman–Crippen MR) is 489 cm³/mol. The van der Waals surface area contributed by atoms with Crippen LogP contribution in [0.5, 0.6) is 92.0 Å². The number of hydrogen-bond acceptors (Lipinski definition) is 14. The Bertz CT molecular complexity index is 8390. The van der Waals surface area contributed by atoms with Crippen LogP contribution in [0.3, 0.4) is 0 Å². The van der Waals surface area contributed by atoms with Gasteiger partial charge in [-0.3, -0.25) is 0 Å². The average Bonchev–Trinajstić information content (AvgIpc) is 1.54. The summed E-state index contributed by atoms with van der Waals surface area (Å²) in [7, 11) is 8.67. The third-order valence-corrected chi connectivity index (χ3v) is 31.7. The molecule has 0 saturated heterocycles. The first-order chi connectivity index (χ1) is 69.1. The zero-order valence-corrected chi connectivity index (χ0v) is 76.6. The van der Waals surface area contributed by atoms with Crippen LogP contribution >= 0.6 is 8.58 Å². The molecule has 6 bridgehead atoms. The van der Waals surface area contributed by atoms with Crippen molar-refractivity contribution in [1.29, 1.82) is 0 Å². The minimum atomic E-state index is -5.48. The first-order valence-corrected chi connectivity index (χ1v) is 50.0. The van der Waals surface area contributed by atoms with E-state index in [0.29, 0.717) is 48.5 Å². The summed E-state index contributed by atoms with van der Waals surface area (Å²) in [6, 6.07) is 50.9. The summed E-state index contributed by atoms with van der Waals surface area (Å²) < 4.78 is 403. The number of halogens is 25. The van der Waals surface area contributed by atoms with Crippen LogP contribution in [0, 0.1) is 0 Å². The third-order valence-electron chi connectivity index (χ3n) is 23.8. The number of ether oxygens (including phenoxy) is 8. The van der Waals surface area contributed by atoms with Gasteiger partial charge in [-0.05, 0) is 24.3 Å². The molecule has 0 saturated carbocycles. The number of hydrogen-bond donors (Lipinski definition) is 0. The van der Waals surface area contributed by atoms with Crippen LogP contribution in [0.15, 0.2) is 321 Å². The van der Waals surface area contributed by atoms with Crippen molar-refractivity contribution in [2.24, 2.45) is 30.0 Å². The second-order valence-electron chi connectivity index (χ2n) is 33.5. The maximum atomic E-state index is 14.6. The molecule has 6 heterocycles. The molecule has 0 amide bonds. The van der Waals surface area contributed by atoms with Gasteiger partial charge in [0.15, 0.2) is 0 Å². The number of aromatic nitrogens is 2. The van der Waals surface area contributed by atoms with Crippen molar-refractivity contribution < 1.29 is 143 Å². The predicted octanol–water partition coefficient (Wildman–Crippen LogP) is 32.3. The molecule has 0 spiro atoms. The molecule has 18 aromatic rings. The molecule has 0 atom stereocenters. The molecule has 0 radical (unpaired) electrons. The van der Waals surface area contributed by atoms with E-state index in [1.807, 2.05) is 0 Å². The van der Waals surface area contributed by atoms with E-state index in [2.05, 4.69) is 0 Å². The van der Waals surface area contributed by atoms with Gasteiger partial charge >= 0.3 is 642 Å². The number of alkyl halides is 24. The van der Waals surface area contributed by atoms with Gasteiger partial charge in [0.1, 0.15) is 0 Å². The van der Waals surface area contributed by atoms with Crippen molar-refractivity contribution in [2.75, 3.05) is 0 Å². The fourth-order valence-electron chi connectivity index (χ4n) is 17.1. The topological polar surface area (TPSA) is 158 Å². The minimum absolute atomic E-state index is 0.0499. The van der Waals surface area contributed by atoms with E-state index in [0.717, 1.165) is 146 Å². The van der Waals surface area contributed by atoms with E-state index in [9.17, 15) is 105 Å². The summed E-state index contributed by atoms with van der Waals surface area (Å²) >= 11 is -5.48. The fraction of sp³-hybridized carbons (Fsp3) is 0.0769. The number of fused-ring (bicyclic) bond motifs is 18. The summed E-state index contributed by atoms with van der Waals surface area (Å²) in [6.07, 6.45) is -39.6. The summed E-state index contributed by atoms with van der Waals surface area (Å²) in [5.74, 6) is -8.11. The molecule has 0 N–H and O–H groups in total. The molecule has 0 unspecified atom stereocenters. The molecule has 4 aliphatic heterocycles. The Morgan fingerprint density at radius 3 is 0.548 bits per heavy atom. The second kappa shape index (κ2) is 34.5. The maximum absolute atomic E-state index is 14.6. The third kappa shape index (κ3) is 18.2. The van der Waals surface area contributed by atoms with Gasteiger partial charge in [0.2, 0.25) is 0 Å². The van der Waals surface area contributed by atoms with Crippen molar-refractivity contribution in [1.82, 2.24) is 5.11 Å². The van der Waals surface area contributed by atoms with Gasteiger partial charge in [0, 0.05) is 0 Å². The van der Waals surface area contributed by atoms with Crippen molar-refractivity contribution >= 4 is 129 Å². The molecule has 16 nitrogen and oxygen atoms in total. The van der Waals surface area contributed by atoms with Crippen molar-refractivity contribution in [3.8, 4) is 92.0 Å². The normalized spacial score (nSPS) is 13.8. The number of nitrogens with zero attached hydrogens (tertiary/aromatic N) is 8. The second-order valence-corrected chi connectivity index (χ2v) is 40.8. The first-order valence-electron chi connectivity index (χ1n) is 42.9. The van der Waals surface area contributed by atoms with E-state index in [-0.39, 0.29) is 156 Å². The van der Waals surface area contributed by atoms with E-state index in [1.54, 1.807) is 5.11 Å². The molecule has 2 aromatic heterocycles. The van der Waals surface area contributed by atoms with Crippen LogP contribution < -0.4 is 48.9 Å². The van der Waals surface area contributed by atoms with Gasteiger partial charge in [-0.25, -0.2) is 0 Å². The van der Waals surface area contributed by atoms with Crippen molar-refractivity contribution in [3.05, 3.63) is 369 Å². The number of benzene rings is 16. The van der Waals surface area contributed by atoms with Gasteiger partial charge in [-0.1, -0.05) is 24.3 Å². The van der Waals surface area contributed by atoms with Crippen LogP contribution in [0.25, 0.3) is 64.6 Å². The Morgan fingerprint density at radius 2 is 0.363 bits per heavy atom. The van der Waals surface area contributed by atoms with Gasteiger partial charge in [0.05, 0.1) is 22.3 Å². The summed E-state index contributed by atoms with van der Waals surface area (Å²) in [6.45, 7) is 0. The molecule has 0 fully saturated rings. The van der Waals surface area contributed by atoms with E-state index in [4.69, 9.17) is 76.4 Å². The first kappa shape index (κ1) is 94.7. The molecule has 730 valence electrons. The molecule has 0 aliphatic carbocycles. The molecular formula is C104H48ClF24InN8O8. The van der Waals surface area contributed by atoms with Crippen LogP contribution in [-0.2, 0) is 49.4 Å². The van der Waals surface area contributed by atoms with Gasteiger partial charge in [-0.2, -0.15) is 105 Å². The number of rotatable bonds is 16. The Balaban J connectivity index is 0.848. The van der Waals surface area contributed by atoms with Crippen LogP contribution in [-0.4, -0.2) is 49.3 Å². The van der Waals surface area contributed by atoms with E-state index < -0.39 is 184 Å². The Hall–Kier alpha value is -16.2. The SMILES string of the molecule is FC(F)(F)c1cccc(Oc2cc3cc4c(cc3cc2Oc2cccc(C(F)(F)F)c2)C2=Nc3c5cc6cc(Oc7cccc(C(F)(F)F)c7)c(Oc7cccc(C(F)(F)F)c7)cc6cc5c5[n]3[In]([Cl])[n]3c(c6cc7cc(Oc8cccc(C(F)(F)F)c8)c(Oc8cccc(C(F)(F)F)c8)cc7cc6c3=NC3=NC(=N5)c5cc6cc(Oc7cccc(C(F)(F)F)c7)c(Oc7cccc(C(F)(F)F)c7)cc6cc53)=NC4=N2)c1. The molecule has 4 aliphatic rings. The monoisotopic (exact) mass is 2140 g/mol. The average molecular weight is 2140 g/mol. The summed E-state index contributed by atoms with van der Waals surface area (Å²) in [4.78, 5) is 32.0. The fourth-order valence-corrected chi connectivity index (χ4v) is 24.8. The molecule has 42 heteroatoms. The van der Waals surface area contributed by atoms with Gasteiger partial charge < -0.3 is 0 Å². The van der Waals surface area contributed by atoms with Gasteiger partial charge in [-0.15, -0.1) is 0 Å². The standard InChI is InChI=1S/C104H48F24N8O8.ClH.In/c105-97(106,107)57-9-1-17-65(41-57)137-81-33-49-25-73-74(26-50(49)34-82(81)138-66-18-2-10-58(42-66)98(108,109)110)90-129-89(73)133-91-75-27-51-35-83(139-67-19-3-11-59(43-67)99(111,112)113)84(140-68-20-4-12-60(44-68)100(114,115)116)36-52(51)28-76(75)93(130-91)135-95-79-31-55-39-87(143-71-23-7-15-63(47-71)103(123,124)125)88(144-72-24-8-16-64(48-72)104(126,127)128)40-56(55)32-80(79)96(132-95)136-94-78-30-54-38-86(142-70-22-6-14-62(46-70)102(120,121)122)85(37-53(54)29-77(78)92(131-94)134-90)141-69-21-5-13-61(45-69)101(117,118)119;;/h1-48H;1H;/q-2;;+3/p-1. The Morgan fingerprint density at radius 1 is 0.192 bits per heavy atom. The zero-order valence-electron chi connectivity index (χ0n) is 72.6. The quantitative estimate of drug-likeness (QED) is 0.0865. The van der Waals surface area contributed by atoms with Crippen molar-refractivity contribution in [3.63, 3.8) is 0 Å². The molecule has 16 aromatic carbocycles. The van der Waals surface area contributed by atoms with Crippen LogP contribution in [0.4, 0.5) is 117 Å². The van der Waals surface area contributed by atoms with E-state index in [1.165, 1.54) is 97.1 Å². The summed E-state index contributed by atoms with van der Waals surface area (Å²) in [5.41, 5.74) is -9.53. The van der Waals surface area contributed by atoms with Crippen LogP contribution in [0.1, 0.15) is 66.8 Å². The van der Waals surface area contributed by atoms with Crippen molar-refractivity contribution in [2.45, 2.75) is 49.4 Å². The molecular weight excluding hydrogens is 2100 g/mol. The molecule has 22 rings (SSSR count). The van der Waals surface area contributed by atoms with E-state index >= 15 is 0 Å². The Labute approximate surface area is 813 Å². The number of amidine groups is 4. The zero-order chi connectivity index (χ0) is 102. The van der Waals surface area contributed by atoms with Gasteiger partial charge in [0.25, 0.3) is 0 Å².